The van der Waals surface area contributed by atoms with E-state index in [1.54, 1.807) is 12.1 Å². The minimum atomic E-state index is -1.11. The molecule has 0 aromatic heterocycles. The lowest BCUT2D eigenvalue weighted by Gasteiger charge is -2.10. The molecule has 1 saturated heterocycles. The maximum absolute atomic E-state index is 11.8. The van der Waals surface area contributed by atoms with E-state index in [2.05, 4.69) is 10.6 Å². The number of carbonyl (C=O) groups is 3. The van der Waals surface area contributed by atoms with Crippen molar-refractivity contribution < 1.29 is 29.0 Å². The molecule has 1 heterocycles. The summed E-state index contributed by atoms with van der Waals surface area (Å²) in [6.07, 6.45) is 2.42. The molecule has 8 heteroatoms. The summed E-state index contributed by atoms with van der Waals surface area (Å²) in [5.74, 6) is -1.78. The van der Waals surface area contributed by atoms with Crippen LogP contribution in [0.3, 0.4) is 0 Å². The minimum absolute atomic E-state index is 0.142. The lowest BCUT2D eigenvalue weighted by Crippen LogP contribution is -2.29. The number of ether oxygens (including phenoxy) is 2. The van der Waals surface area contributed by atoms with Gasteiger partial charge in [0.25, 0.3) is 5.91 Å². The second-order valence-corrected chi connectivity index (χ2v) is 5.66. The van der Waals surface area contributed by atoms with Crippen molar-refractivity contribution in [1.29, 1.82) is 0 Å². The molecule has 0 bridgehead atoms. The van der Waals surface area contributed by atoms with E-state index >= 15 is 0 Å². The molecule has 1 aliphatic rings. The van der Waals surface area contributed by atoms with Crippen LogP contribution >= 0.6 is 0 Å². The van der Waals surface area contributed by atoms with E-state index in [0.717, 1.165) is 19.4 Å². The largest absolute Gasteiger partial charge is 0.480 e. The number of hydrogen-bond donors (Lipinski definition) is 3. The minimum Gasteiger partial charge on any atom is -0.480 e. The second-order valence-electron chi connectivity index (χ2n) is 5.66. The standard InChI is InChI=1S/C17H22N2O6/c20-15(7-9-24-11-14-2-1-8-25-14)19-13-5-3-12(4-6-13)17(23)18-10-16(21)22/h3-6,14H,1-2,7-11H2,(H,18,23)(H,19,20)(H,21,22). The third-order valence-corrected chi connectivity index (χ3v) is 3.63. The van der Waals surface area contributed by atoms with Crippen LogP contribution in [-0.2, 0) is 19.1 Å². The summed E-state index contributed by atoms with van der Waals surface area (Å²) < 4.78 is 10.9. The van der Waals surface area contributed by atoms with E-state index in [1.165, 1.54) is 12.1 Å². The highest BCUT2D eigenvalue weighted by Crippen LogP contribution is 2.12. The van der Waals surface area contributed by atoms with Crippen LogP contribution in [-0.4, -0.2) is 55.4 Å². The molecule has 1 aromatic carbocycles. The molecule has 1 aromatic rings. The highest BCUT2D eigenvalue weighted by atomic mass is 16.5. The number of nitrogens with one attached hydrogen (secondary N) is 2. The maximum atomic E-state index is 11.8. The molecule has 0 radical (unpaired) electrons. The first kappa shape index (κ1) is 18.9. The highest BCUT2D eigenvalue weighted by Gasteiger charge is 2.15. The zero-order valence-electron chi connectivity index (χ0n) is 13.8. The highest BCUT2D eigenvalue weighted by molar-refractivity contribution is 5.97. The fourth-order valence-corrected chi connectivity index (χ4v) is 2.34. The van der Waals surface area contributed by atoms with E-state index in [0.29, 0.717) is 24.5 Å². The lowest BCUT2D eigenvalue weighted by molar-refractivity contribution is -0.135. The van der Waals surface area contributed by atoms with Gasteiger partial charge in [0.05, 0.1) is 25.7 Å². The van der Waals surface area contributed by atoms with Crippen LogP contribution in [0.5, 0.6) is 0 Å². The van der Waals surface area contributed by atoms with Gasteiger partial charge in [-0.2, -0.15) is 0 Å². The van der Waals surface area contributed by atoms with E-state index in [-0.39, 0.29) is 18.4 Å². The maximum Gasteiger partial charge on any atom is 0.322 e. The second kappa shape index (κ2) is 9.75. The Labute approximate surface area is 145 Å². The quantitative estimate of drug-likeness (QED) is 0.573. The molecule has 1 atom stereocenters. The molecule has 1 unspecified atom stereocenters. The Bertz CT molecular complexity index is 596. The molecule has 3 N–H and O–H groups in total. The molecular weight excluding hydrogens is 328 g/mol. The fourth-order valence-electron chi connectivity index (χ4n) is 2.34. The van der Waals surface area contributed by atoms with Crippen molar-refractivity contribution in [2.24, 2.45) is 0 Å². The number of hydrogen-bond acceptors (Lipinski definition) is 5. The monoisotopic (exact) mass is 350 g/mol. The number of benzene rings is 1. The number of anilines is 1. The zero-order chi connectivity index (χ0) is 18.1. The average Bonchev–Trinajstić information content (AvgIpc) is 3.10. The number of carboxylic acids is 1. The van der Waals surface area contributed by atoms with Gasteiger partial charge in [-0.25, -0.2) is 0 Å². The molecule has 1 aliphatic heterocycles. The van der Waals surface area contributed by atoms with Gasteiger partial charge in [-0.3, -0.25) is 14.4 Å². The first-order chi connectivity index (χ1) is 12.0. The lowest BCUT2D eigenvalue weighted by atomic mass is 10.2. The molecule has 2 amide bonds. The van der Waals surface area contributed by atoms with Gasteiger partial charge < -0.3 is 25.2 Å². The Morgan fingerprint density at radius 3 is 2.64 bits per heavy atom. The van der Waals surface area contributed by atoms with Crippen molar-refractivity contribution in [2.45, 2.75) is 25.4 Å². The molecule has 8 nitrogen and oxygen atoms in total. The van der Waals surface area contributed by atoms with Crippen LogP contribution in [0.2, 0.25) is 0 Å². The smallest absolute Gasteiger partial charge is 0.322 e. The third kappa shape index (κ3) is 6.90. The topological polar surface area (TPSA) is 114 Å². The van der Waals surface area contributed by atoms with Crippen LogP contribution in [0.1, 0.15) is 29.6 Å². The van der Waals surface area contributed by atoms with Crippen molar-refractivity contribution in [3.63, 3.8) is 0 Å². The summed E-state index contributed by atoms with van der Waals surface area (Å²) in [6, 6.07) is 6.20. The van der Waals surface area contributed by atoms with E-state index in [9.17, 15) is 14.4 Å². The van der Waals surface area contributed by atoms with Crippen molar-refractivity contribution in [3.05, 3.63) is 29.8 Å². The Morgan fingerprint density at radius 2 is 2.00 bits per heavy atom. The van der Waals surface area contributed by atoms with Gasteiger partial charge in [0.1, 0.15) is 6.54 Å². The Kier molecular flexibility index (Phi) is 7.36. The number of aliphatic carboxylic acids is 1. The summed E-state index contributed by atoms with van der Waals surface area (Å²) in [6.45, 7) is 1.16. The van der Waals surface area contributed by atoms with Gasteiger partial charge in [0.15, 0.2) is 0 Å². The first-order valence-corrected chi connectivity index (χ1v) is 8.14. The molecule has 0 spiro atoms. The summed E-state index contributed by atoms with van der Waals surface area (Å²) >= 11 is 0. The van der Waals surface area contributed by atoms with Crippen molar-refractivity contribution in [2.75, 3.05) is 31.7 Å². The molecule has 25 heavy (non-hydrogen) atoms. The van der Waals surface area contributed by atoms with E-state index in [1.807, 2.05) is 0 Å². The third-order valence-electron chi connectivity index (χ3n) is 3.63. The van der Waals surface area contributed by atoms with Gasteiger partial charge in [-0.1, -0.05) is 0 Å². The Hall–Kier alpha value is -2.45. The molecule has 0 saturated carbocycles. The van der Waals surface area contributed by atoms with Gasteiger partial charge >= 0.3 is 5.97 Å². The van der Waals surface area contributed by atoms with Gasteiger partial charge in [0.2, 0.25) is 5.91 Å². The Morgan fingerprint density at radius 1 is 1.24 bits per heavy atom. The van der Waals surface area contributed by atoms with Crippen molar-refractivity contribution in [1.82, 2.24) is 5.32 Å². The van der Waals surface area contributed by atoms with Crippen LogP contribution in [0.4, 0.5) is 5.69 Å². The van der Waals surface area contributed by atoms with Crippen molar-refractivity contribution >= 4 is 23.5 Å². The van der Waals surface area contributed by atoms with Crippen LogP contribution in [0, 0.1) is 0 Å². The van der Waals surface area contributed by atoms with Crippen LogP contribution in [0.25, 0.3) is 0 Å². The molecule has 136 valence electrons. The average molecular weight is 350 g/mol. The van der Waals surface area contributed by atoms with Gasteiger partial charge in [0, 0.05) is 17.9 Å². The number of rotatable bonds is 9. The SMILES string of the molecule is O=C(O)CNC(=O)c1ccc(NC(=O)CCOCC2CCCO2)cc1. The molecule has 2 rings (SSSR count). The fraction of sp³-hybridized carbons (Fsp3) is 0.471. The van der Waals surface area contributed by atoms with E-state index in [4.69, 9.17) is 14.6 Å². The normalized spacial score (nSPS) is 16.4. The summed E-state index contributed by atoms with van der Waals surface area (Å²) in [5, 5.41) is 13.5. The Balaban J connectivity index is 1.67. The number of amides is 2. The molecular formula is C17H22N2O6. The summed E-state index contributed by atoms with van der Waals surface area (Å²) in [4.78, 5) is 33.9. The predicted molar refractivity (Wildman–Crippen MR) is 89.5 cm³/mol. The molecule has 0 aliphatic carbocycles. The van der Waals surface area contributed by atoms with Crippen molar-refractivity contribution in [3.8, 4) is 0 Å². The number of carboxylic acid groups (broad SMARTS) is 1. The molecule has 1 fully saturated rings. The first-order valence-electron chi connectivity index (χ1n) is 8.14. The van der Waals surface area contributed by atoms with Gasteiger partial charge in [-0.05, 0) is 37.1 Å². The number of carbonyl (C=O) groups excluding carboxylic acids is 2. The predicted octanol–water partition coefficient (Wildman–Crippen LogP) is 1.03. The van der Waals surface area contributed by atoms with E-state index < -0.39 is 18.4 Å². The van der Waals surface area contributed by atoms with Crippen LogP contribution in [0.15, 0.2) is 24.3 Å². The van der Waals surface area contributed by atoms with Crippen LogP contribution < -0.4 is 10.6 Å². The summed E-state index contributed by atoms with van der Waals surface area (Å²) in [7, 11) is 0. The summed E-state index contributed by atoms with van der Waals surface area (Å²) in [5.41, 5.74) is 0.873. The zero-order valence-corrected chi connectivity index (χ0v) is 13.8. The van der Waals surface area contributed by atoms with Gasteiger partial charge in [-0.15, -0.1) is 0 Å².